The van der Waals surface area contributed by atoms with Crippen molar-refractivity contribution in [3.8, 4) is 0 Å². The van der Waals surface area contributed by atoms with Crippen molar-refractivity contribution in [2.24, 2.45) is 7.05 Å². The molecule has 100 valence electrons. The Morgan fingerprint density at radius 3 is 2.50 bits per heavy atom. The van der Waals surface area contributed by atoms with Gasteiger partial charge in [0.15, 0.2) is 0 Å². The predicted octanol–water partition coefficient (Wildman–Crippen LogP) is 0.154. The number of aromatic nitrogens is 2. The van der Waals surface area contributed by atoms with Crippen molar-refractivity contribution < 1.29 is 23.6 Å². The van der Waals surface area contributed by atoms with Gasteiger partial charge in [-0.2, -0.15) is 0 Å². The van der Waals surface area contributed by atoms with Crippen LogP contribution >= 0.6 is 0 Å². The molecule has 0 bridgehead atoms. The van der Waals surface area contributed by atoms with E-state index in [9.17, 15) is 9.59 Å². The van der Waals surface area contributed by atoms with Crippen molar-refractivity contribution in [1.29, 1.82) is 0 Å². The second-order valence-electron chi connectivity index (χ2n) is 4.19. The average Bonchev–Trinajstić information content (AvgIpc) is 2.80. The number of aryl methyl sites for hydroxylation is 1. The summed E-state index contributed by atoms with van der Waals surface area (Å²) in [4.78, 5) is 24.0. The number of nitrogens with zero attached hydrogens (tertiary/aromatic N) is 2. The zero-order chi connectivity index (χ0) is 13.8. The summed E-state index contributed by atoms with van der Waals surface area (Å²) in [5.41, 5.74) is -1.49. The normalized spacial score (nSPS) is 13.8. The molecule has 0 aliphatic carbocycles. The van der Waals surface area contributed by atoms with Crippen molar-refractivity contribution in [2.75, 3.05) is 13.7 Å². The summed E-state index contributed by atoms with van der Waals surface area (Å²) in [6.45, 7) is 3.65. The van der Waals surface area contributed by atoms with Crippen LogP contribution in [0.15, 0.2) is 18.7 Å². The van der Waals surface area contributed by atoms with Gasteiger partial charge in [0.1, 0.15) is 12.4 Å². The molecule has 18 heavy (non-hydrogen) atoms. The summed E-state index contributed by atoms with van der Waals surface area (Å²) in [6.07, 6.45) is 5.69. The molecule has 0 spiro atoms. The molecule has 0 saturated carbocycles. The fourth-order valence-electron chi connectivity index (χ4n) is 1.54. The summed E-state index contributed by atoms with van der Waals surface area (Å²) in [5.74, 6) is -1.27. The van der Waals surface area contributed by atoms with Crippen molar-refractivity contribution in [2.45, 2.75) is 25.8 Å². The Hall–Kier alpha value is -1.85. The first-order valence-electron chi connectivity index (χ1n) is 5.76. The highest BCUT2D eigenvalue weighted by Gasteiger charge is 2.50. The first kappa shape index (κ1) is 14.2. The molecule has 0 N–H and O–H groups in total. The predicted molar refractivity (Wildman–Crippen MR) is 62.5 cm³/mol. The first-order chi connectivity index (χ1) is 8.46. The van der Waals surface area contributed by atoms with E-state index in [2.05, 4.69) is 0 Å². The Balaban J connectivity index is 3.10. The summed E-state index contributed by atoms with van der Waals surface area (Å²) >= 11 is 0. The van der Waals surface area contributed by atoms with E-state index in [1.807, 2.05) is 6.92 Å². The van der Waals surface area contributed by atoms with Crippen LogP contribution in [0.3, 0.4) is 0 Å². The lowest BCUT2D eigenvalue weighted by Gasteiger charge is -2.21. The van der Waals surface area contributed by atoms with Gasteiger partial charge in [0.05, 0.1) is 20.8 Å². The van der Waals surface area contributed by atoms with E-state index in [0.29, 0.717) is 6.42 Å². The van der Waals surface area contributed by atoms with E-state index in [-0.39, 0.29) is 6.61 Å². The highest BCUT2D eigenvalue weighted by Crippen LogP contribution is 2.19. The highest BCUT2D eigenvalue weighted by atomic mass is 16.6. The van der Waals surface area contributed by atoms with Crippen LogP contribution in [0.2, 0.25) is 0 Å². The van der Waals surface area contributed by atoms with Gasteiger partial charge < -0.3 is 9.47 Å². The number of ether oxygens (including phenoxy) is 2. The van der Waals surface area contributed by atoms with Crippen molar-refractivity contribution in [3.05, 3.63) is 18.7 Å². The Kier molecular flexibility index (Phi) is 4.47. The number of carbonyl (C=O) groups is 2. The number of methoxy groups -OCH3 is 1. The molecule has 0 saturated heterocycles. The standard InChI is InChI=1S/C12H19N2O4/c1-5-8-18-11(16)12(2,10(15)17-4)14-7-6-13(3)9-14/h6-7,9H,5,8H2,1-4H3/q+1/t12-/m1/s1. The second kappa shape index (κ2) is 5.66. The molecule has 1 rings (SSSR count). The van der Waals surface area contributed by atoms with E-state index in [4.69, 9.17) is 9.47 Å². The Morgan fingerprint density at radius 2 is 2.06 bits per heavy atom. The molecule has 0 radical (unpaired) electrons. The van der Waals surface area contributed by atoms with Gasteiger partial charge in [-0.15, -0.1) is 0 Å². The molecule has 0 amide bonds. The zero-order valence-electron chi connectivity index (χ0n) is 11.2. The van der Waals surface area contributed by atoms with Crippen LogP contribution < -0.4 is 4.57 Å². The number of hydrogen-bond acceptors (Lipinski definition) is 4. The number of esters is 2. The molecule has 6 nitrogen and oxygen atoms in total. The largest absolute Gasteiger partial charge is 0.465 e. The zero-order valence-corrected chi connectivity index (χ0v) is 11.2. The Bertz CT molecular complexity index is 441. The molecule has 0 aliphatic rings. The molecule has 0 fully saturated rings. The van der Waals surface area contributed by atoms with Gasteiger partial charge in [0, 0.05) is 6.92 Å². The van der Waals surface area contributed by atoms with E-state index in [0.717, 1.165) is 0 Å². The first-order valence-corrected chi connectivity index (χ1v) is 5.76. The van der Waals surface area contributed by atoms with Gasteiger partial charge in [-0.05, 0) is 6.42 Å². The smallest absolute Gasteiger partial charge is 0.366 e. The van der Waals surface area contributed by atoms with Crippen molar-refractivity contribution in [3.63, 3.8) is 0 Å². The van der Waals surface area contributed by atoms with E-state index < -0.39 is 17.5 Å². The second-order valence-corrected chi connectivity index (χ2v) is 4.19. The van der Waals surface area contributed by atoms with Crippen LogP contribution in [0.4, 0.5) is 0 Å². The van der Waals surface area contributed by atoms with Gasteiger partial charge in [0.25, 0.3) is 0 Å². The van der Waals surface area contributed by atoms with E-state index >= 15 is 0 Å². The fraction of sp³-hybridized carbons (Fsp3) is 0.583. The van der Waals surface area contributed by atoms with Crippen molar-refractivity contribution >= 4 is 11.9 Å². The Labute approximate surface area is 106 Å². The lowest BCUT2D eigenvalue weighted by molar-refractivity contribution is -0.671. The van der Waals surface area contributed by atoms with Crippen LogP contribution in [0.5, 0.6) is 0 Å². The summed E-state index contributed by atoms with van der Waals surface area (Å²) in [5, 5.41) is 0. The number of rotatable bonds is 5. The van der Waals surface area contributed by atoms with Crippen LogP contribution in [0.25, 0.3) is 0 Å². The monoisotopic (exact) mass is 255 g/mol. The minimum Gasteiger partial charge on any atom is -0.465 e. The minimum absolute atomic E-state index is 0.277. The molecule has 6 heteroatoms. The minimum atomic E-state index is -1.49. The van der Waals surface area contributed by atoms with Crippen molar-refractivity contribution in [1.82, 2.24) is 4.57 Å². The van der Waals surface area contributed by atoms with Crippen LogP contribution in [0.1, 0.15) is 20.3 Å². The topological polar surface area (TPSA) is 61.4 Å². The fourth-order valence-corrected chi connectivity index (χ4v) is 1.54. The molecule has 0 aliphatic heterocycles. The number of hydrogen-bond donors (Lipinski definition) is 0. The average molecular weight is 255 g/mol. The maximum absolute atomic E-state index is 12.1. The quantitative estimate of drug-likeness (QED) is 0.427. The van der Waals surface area contributed by atoms with E-state index in [1.54, 1.807) is 30.3 Å². The molecule has 0 aromatic carbocycles. The number of carbonyl (C=O) groups excluding carboxylic acids is 2. The van der Waals surface area contributed by atoms with Crippen LogP contribution in [-0.2, 0) is 31.6 Å². The summed E-state index contributed by atoms with van der Waals surface area (Å²) < 4.78 is 13.0. The molecule has 1 atom stereocenters. The Morgan fingerprint density at radius 1 is 1.39 bits per heavy atom. The highest BCUT2D eigenvalue weighted by molar-refractivity contribution is 6.01. The molecular formula is C12H19N2O4+. The molecule has 0 unspecified atom stereocenters. The lowest BCUT2D eigenvalue weighted by Crippen LogP contribution is -2.48. The van der Waals surface area contributed by atoms with E-state index in [1.165, 1.54) is 18.6 Å². The molecule has 1 heterocycles. The van der Waals surface area contributed by atoms with Crippen LogP contribution in [-0.4, -0.2) is 30.2 Å². The molecule has 1 aromatic heterocycles. The lowest BCUT2D eigenvalue weighted by atomic mass is 10.0. The third-order valence-corrected chi connectivity index (χ3v) is 2.70. The third-order valence-electron chi connectivity index (χ3n) is 2.70. The van der Waals surface area contributed by atoms with Crippen LogP contribution in [0, 0.1) is 0 Å². The van der Waals surface area contributed by atoms with Gasteiger partial charge in [-0.25, -0.2) is 18.7 Å². The SMILES string of the molecule is CCCOC(=O)[C@@](C)(C(=O)OC)n1cc[n+](C)c1. The van der Waals surface area contributed by atoms with Gasteiger partial charge in [-0.3, -0.25) is 0 Å². The number of imidazole rings is 1. The molecular weight excluding hydrogens is 236 g/mol. The maximum Gasteiger partial charge on any atom is 0.366 e. The van der Waals surface area contributed by atoms with Gasteiger partial charge >= 0.3 is 17.5 Å². The summed E-state index contributed by atoms with van der Waals surface area (Å²) in [7, 11) is 3.04. The summed E-state index contributed by atoms with van der Waals surface area (Å²) in [6, 6.07) is 0. The van der Waals surface area contributed by atoms with Gasteiger partial charge in [-0.1, -0.05) is 6.92 Å². The molecule has 1 aromatic rings. The van der Waals surface area contributed by atoms with Gasteiger partial charge in [0.2, 0.25) is 6.33 Å². The maximum atomic E-state index is 12.1. The third kappa shape index (κ3) is 2.52.